The molecule has 96 valence electrons. The van der Waals surface area contributed by atoms with E-state index >= 15 is 0 Å². The van der Waals surface area contributed by atoms with E-state index in [1.165, 1.54) is 25.7 Å². The summed E-state index contributed by atoms with van der Waals surface area (Å²) in [5.74, 6) is 0.862. The topological polar surface area (TPSA) is 20.3 Å². The van der Waals surface area contributed by atoms with E-state index in [0.29, 0.717) is 12.0 Å². The first-order chi connectivity index (χ1) is 8.75. The smallest absolute Gasteiger partial charge is 0.255 e. The minimum absolute atomic E-state index is 0.224. The summed E-state index contributed by atoms with van der Waals surface area (Å²) < 4.78 is 1.04. The fraction of sp³-hybridized carbons (Fsp3) is 0.571. The van der Waals surface area contributed by atoms with Crippen molar-refractivity contribution in [3.8, 4) is 0 Å². The van der Waals surface area contributed by atoms with Gasteiger partial charge in [0.1, 0.15) is 12.3 Å². The minimum atomic E-state index is 0.224. The predicted molar refractivity (Wildman–Crippen MR) is 77.7 cm³/mol. The molecular weight excluding hydrogens is 310 g/mol. The molecule has 18 heavy (non-hydrogen) atoms. The van der Waals surface area contributed by atoms with E-state index < -0.39 is 0 Å². The van der Waals surface area contributed by atoms with Crippen molar-refractivity contribution in [3.63, 3.8) is 0 Å². The Morgan fingerprint density at radius 3 is 3.06 bits per heavy atom. The van der Waals surface area contributed by atoms with Gasteiger partial charge >= 0.3 is 0 Å². The van der Waals surface area contributed by atoms with Gasteiger partial charge in [0, 0.05) is 5.38 Å². The highest BCUT2D eigenvalue weighted by Crippen LogP contribution is 2.35. The summed E-state index contributed by atoms with van der Waals surface area (Å²) in [7, 11) is 0. The first-order valence-corrected chi connectivity index (χ1v) is 8.31. The number of carbonyl (C=O) groups is 1. The summed E-state index contributed by atoms with van der Waals surface area (Å²) in [6.07, 6.45) is 8.53. The fourth-order valence-corrected chi connectivity index (χ4v) is 4.37. The third-order valence-corrected chi connectivity index (χ3v) is 5.60. The summed E-state index contributed by atoms with van der Waals surface area (Å²) in [6, 6.07) is 2.40. The van der Waals surface area contributed by atoms with Crippen molar-refractivity contribution in [1.29, 1.82) is 0 Å². The summed E-state index contributed by atoms with van der Waals surface area (Å²) in [6.45, 7) is 0.896. The molecule has 2 aliphatic rings. The lowest BCUT2D eigenvalue weighted by Crippen LogP contribution is -2.49. The van der Waals surface area contributed by atoms with Gasteiger partial charge in [0.2, 0.25) is 0 Å². The van der Waals surface area contributed by atoms with Gasteiger partial charge in [-0.2, -0.15) is 0 Å². The Morgan fingerprint density at radius 2 is 2.28 bits per heavy atom. The van der Waals surface area contributed by atoms with Crippen molar-refractivity contribution in [2.75, 3.05) is 6.54 Å². The van der Waals surface area contributed by atoms with Crippen LogP contribution in [0.3, 0.4) is 0 Å². The molecule has 3 rings (SSSR count). The van der Waals surface area contributed by atoms with Gasteiger partial charge in [-0.1, -0.05) is 6.42 Å². The van der Waals surface area contributed by atoms with Crippen molar-refractivity contribution in [1.82, 2.24) is 4.90 Å². The lowest BCUT2D eigenvalue weighted by atomic mass is 9.78. The van der Waals surface area contributed by atoms with Crippen LogP contribution < -0.4 is 0 Å². The Labute approximate surface area is 120 Å². The highest BCUT2D eigenvalue weighted by atomic mass is 79.9. The number of fused-ring (bicyclic) bond motifs is 1. The first kappa shape index (κ1) is 12.5. The van der Waals surface area contributed by atoms with Crippen molar-refractivity contribution in [2.45, 2.75) is 38.1 Å². The Kier molecular flexibility index (Phi) is 3.66. The molecule has 1 amide bonds. The molecule has 2 fully saturated rings. The van der Waals surface area contributed by atoms with Crippen LogP contribution in [0, 0.1) is 12.3 Å². The molecule has 1 saturated carbocycles. The minimum Gasteiger partial charge on any atom is -0.327 e. The van der Waals surface area contributed by atoms with Crippen molar-refractivity contribution >= 4 is 33.2 Å². The van der Waals surface area contributed by atoms with Crippen LogP contribution in [0.4, 0.5) is 0 Å². The van der Waals surface area contributed by atoms with Crippen LogP contribution in [0.5, 0.6) is 0 Å². The molecule has 1 aromatic rings. The zero-order valence-electron chi connectivity index (χ0n) is 10.3. The Bertz CT molecular complexity index is 443. The van der Waals surface area contributed by atoms with Crippen LogP contribution in [0.1, 0.15) is 42.5 Å². The zero-order valence-corrected chi connectivity index (χ0v) is 12.7. The second kappa shape index (κ2) is 5.25. The average Bonchev–Trinajstić information content (AvgIpc) is 2.84. The van der Waals surface area contributed by atoms with Gasteiger partial charge in [-0.3, -0.25) is 4.79 Å². The SMILES string of the molecule is O=C(c1csc(Br)c1)N1CC[CH+]C2CCCCC21. The standard InChI is InChI=1S/C14H17BrNOS/c15-13-8-11(9-18-13)14(17)16-7-3-5-10-4-1-2-6-12(10)16/h5,8-10,12H,1-4,6-7H2/q+1. The summed E-state index contributed by atoms with van der Waals surface area (Å²) >= 11 is 5.02. The predicted octanol–water partition coefficient (Wildman–Crippen LogP) is 4.12. The van der Waals surface area contributed by atoms with Crippen molar-refractivity contribution in [2.24, 2.45) is 5.92 Å². The van der Waals surface area contributed by atoms with Gasteiger partial charge in [0.25, 0.3) is 5.91 Å². The highest BCUT2D eigenvalue weighted by Gasteiger charge is 2.41. The maximum absolute atomic E-state index is 12.6. The fourth-order valence-electron chi connectivity index (χ4n) is 3.24. The average molecular weight is 327 g/mol. The van der Waals surface area contributed by atoms with Crippen LogP contribution in [0.25, 0.3) is 0 Å². The summed E-state index contributed by atoms with van der Waals surface area (Å²) in [5, 5.41) is 1.96. The zero-order chi connectivity index (χ0) is 12.5. The molecule has 2 atom stereocenters. The molecule has 2 heterocycles. The Morgan fingerprint density at radius 1 is 1.44 bits per heavy atom. The molecule has 1 aliphatic heterocycles. The number of rotatable bonds is 1. The number of halogens is 1. The number of piperidine rings is 1. The molecule has 0 radical (unpaired) electrons. The van der Waals surface area contributed by atoms with E-state index in [4.69, 9.17) is 0 Å². The van der Waals surface area contributed by atoms with Crippen LogP contribution in [-0.2, 0) is 0 Å². The molecule has 2 unspecified atom stereocenters. The molecule has 4 heteroatoms. The monoisotopic (exact) mass is 326 g/mol. The van der Waals surface area contributed by atoms with E-state index in [1.807, 2.05) is 11.4 Å². The highest BCUT2D eigenvalue weighted by molar-refractivity contribution is 9.11. The molecule has 0 N–H and O–H groups in total. The lowest BCUT2D eigenvalue weighted by molar-refractivity contribution is 0.0495. The van der Waals surface area contributed by atoms with Gasteiger partial charge < -0.3 is 4.90 Å². The van der Waals surface area contributed by atoms with Crippen LogP contribution >= 0.6 is 27.3 Å². The molecule has 0 bridgehead atoms. The molecule has 1 aromatic heterocycles. The summed E-state index contributed by atoms with van der Waals surface area (Å²) in [4.78, 5) is 14.7. The third kappa shape index (κ3) is 2.32. The number of thiophene rings is 1. The van der Waals surface area contributed by atoms with Gasteiger partial charge in [0.15, 0.2) is 0 Å². The summed E-state index contributed by atoms with van der Waals surface area (Å²) in [5.41, 5.74) is 0.845. The van der Waals surface area contributed by atoms with Crippen LogP contribution in [0.2, 0.25) is 0 Å². The van der Waals surface area contributed by atoms with E-state index in [2.05, 4.69) is 27.3 Å². The number of nitrogens with zero attached hydrogens (tertiary/aromatic N) is 1. The van der Waals surface area contributed by atoms with Gasteiger partial charge in [-0.15, -0.1) is 11.3 Å². The van der Waals surface area contributed by atoms with Crippen LogP contribution in [-0.4, -0.2) is 23.4 Å². The number of amides is 1. The maximum atomic E-state index is 12.6. The molecule has 0 aromatic carbocycles. The lowest BCUT2D eigenvalue weighted by Gasteiger charge is -2.39. The maximum Gasteiger partial charge on any atom is 0.255 e. The number of hydrogen-bond acceptors (Lipinski definition) is 2. The number of likely N-dealkylation sites (tertiary alicyclic amines) is 1. The van der Waals surface area contributed by atoms with Crippen molar-refractivity contribution in [3.05, 3.63) is 27.2 Å². The van der Waals surface area contributed by atoms with E-state index in [9.17, 15) is 4.79 Å². The molecular formula is C14H17BrNOS+. The van der Waals surface area contributed by atoms with Gasteiger partial charge in [0.05, 0.1) is 28.4 Å². The van der Waals surface area contributed by atoms with Gasteiger partial charge in [-0.25, -0.2) is 0 Å². The quantitative estimate of drug-likeness (QED) is 0.711. The van der Waals surface area contributed by atoms with E-state index in [0.717, 1.165) is 22.3 Å². The van der Waals surface area contributed by atoms with Crippen LogP contribution in [0.15, 0.2) is 15.2 Å². The number of hydrogen-bond donors (Lipinski definition) is 0. The Balaban J connectivity index is 1.79. The molecule has 2 nitrogen and oxygen atoms in total. The van der Waals surface area contributed by atoms with E-state index in [-0.39, 0.29) is 5.91 Å². The molecule has 1 aliphatic carbocycles. The number of carbonyl (C=O) groups excluding carboxylic acids is 1. The normalized spacial score (nSPS) is 27.5. The third-order valence-electron chi connectivity index (χ3n) is 4.10. The van der Waals surface area contributed by atoms with E-state index in [1.54, 1.807) is 11.3 Å². The second-order valence-electron chi connectivity index (χ2n) is 5.18. The second-order valence-corrected chi connectivity index (χ2v) is 7.47. The largest absolute Gasteiger partial charge is 0.327 e. The molecule has 1 saturated heterocycles. The van der Waals surface area contributed by atoms with Gasteiger partial charge in [-0.05, 0) is 41.3 Å². The first-order valence-electron chi connectivity index (χ1n) is 6.64. The Hall–Kier alpha value is -0.480. The molecule has 0 spiro atoms. The van der Waals surface area contributed by atoms with Crippen molar-refractivity contribution < 1.29 is 4.79 Å².